The lowest BCUT2D eigenvalue weighted by molar-refractivity contribution is -0.384. The van der Waals surface area contributed by atoms with Crippen molar-refractivity contribution in [1.82, 2.24) is 19.7 Å². The number of nitrogens with zero attached hydrogens (tertiary/aromatic N) is 5. The van der Waals surface area contributed by atoms with E-state index in [4.69, 9.17) is 4.74 Å². The molecule has 3 aromatic rings. The van der Waals surface area contributed by atoms with Crippen molar-refractivity contribution in [3.05, 3.63) is 65.2 Å². The van der Waals surface area contributed by atoms with Gasteiger partial charge in [-0.2, -0.15) is 0 Å². The minimum Gasteiger partial charge on any atom is -0.437 e. The lowest BCUT2D eigenvalue weighted by Gasteiger charge is -2.05. The smallest absolute Gasteiger partial charge is 0.273 e. The van der Waals surface area contributed by atoms with Crippen molar-refractivity contribution in [3.63, 3.8) is 0 Å². The van der Waals surface area contributed by atoms with Gasteiger partial charge in [-0.25, -0.2) is 4.98 Å². The number of hydrogen-bond acceptors (Lipinski definition) is 6. The highest BCUT2D eigenvalue weighted by Gasteiger charge is 2.08. The largest absolute Gasteiger partial charge is 0.437 e. The van der Waals surface area contributed by atoms with Crippen LogP contribution < -0.4 is 4.74 Å². The van der Waals surface area contributed by atoms with E-state index in [0.717, 1.165) is 0 Å². The second-order valence-electron chi connectivity index (χ2n) is 4.06. The van der Waals surface area contributed by atoms with Gasteiger partial charge in [0.1, 0.15) is 12.1 Å². The average molecular weight is 283 g/mol. The van der Waals surface area contributed by atoms with Gasteiger partial charge in [0.05, 0.1) is 11.0 Å². The molecule has 0 N–H and O–H groups in total. The van der Waals surface area contributed by atoms with E-state index in [2.05, 4.69) is 15.2 Å². The van der Waals surface area contributed by atoms with Crippen molar-refractivity contribution < 1.29 is 9.66 Å². The van der Waals surface area contributed by atoms with E-state index in [-0.39, 0.29) is 11.6 Å². The number of nitro benzene ring substituents is 1. The van der Waals surface area contributed by atoms with E-state index in [1.807, 2.05) is 0 Å². The van der Waals surface area contributed by atoms with E-state index in [1.54, 1.807) is 47.6 Å². The normalized spacial score (nSPS) is 10.3. The van der Waals surface area contributed by atoms with E-state index in [9.17, 15) is 10.1 Å². The predicted octanol–water partition coefficient (Wildman–Crippen LogP) is 2.36. The summed E-state index contributed by atoms with van der Waals surface area (Å²) in [5.41, 5.74) is -0.0458. The van der Waals surface area contributed by atoms with Crippen LogP contribution >= 0.6 is 0 Å². The van der Waals surface area contributed by atoms with Gasteiger partial charge in [0.25, 0.3) is 5.69 Å². The SMILES string of the molecule is O=[N+]([O-])c1cccc(Oc2ccc(-n3ccnc3)nn2)c1. The molecule has 0 atom stereocenters. The summed E-state index contributed by atoms with van der Waals surface area (Å²) in [6, 6.07) is 9.20. The number of ether oxygens (including phenoxy) is 1. The molecule has 2 aromatic heterocycles. The molecule has 0 aliphatic heterocycles. The Morgan fingerprint density at radius 2 is 2.10 bits per heavy atom. The third-order valence-corrected chi connectivity index (χ3v) is 2.65. The van der Waals surface area contributed by atoms with Crippen LogP contribution in [0.1, 0.15) is 0 Å². The Labute approximate surface area is 118 Å². The monoisotopic (exact) mass is 283 g/mol. The van der Waals surface area contributed by atoms with Crippen LogP contribution in [-0.4, -0.2) is 24.7 Å². The van der Waals surface area contributed by atoms with Gasteiger partial charge in [0, 0.05) is 24.5 Å². The molecule has 0 spiro atoms. The van der Waals surface area contributed by atoms with Gasteiger partial charge in [0.15, 0.2) is 5.82 Å². The van der Waals surface area contributed by atoms with Gasteiger partial charge < -0.3 is 4.74 Å². The van der Waals surface area contributed by atoms with Gasteiger partial charge in [-0.05, 0) is 12.1 Å². The van der Waals surface area contributed by atoms with Crippen LogP contribution in [0.2, 0.25) is 0 Å². The summed E-state index contributed by atoms with van der Waals surface area (Å²) < 4.78 is 7.14. The number of benzene rings is 1. The Kier molecular flexibility index (Phi) is 3.26. The Morgan fingerprint density at radius 3 is 2.76 bits per heavy atom. The van der Waals surface area contributed by atoms with Crippen LogP contribution in [0.5, 0.6) is 11.6 Å². The van der Waals surface area contributed by atoms with Crippen LogP contribution in [0.3, 0.4) is 0 Å². The molecule has 0 bridgehead atoms. The van der Waals surface area contributed by atoms with Gasteiger partial charge in [-0.15, -0.1) is 10.2 Å². The molecule has 0 amide bonds. The van der Waals surface area contributed by atoms with Gasteiger partial charge in [0.2, 0.25) is 5.88 Å². The van der Waals surface area contributed by atoms with Crippen molar-refractivity contribution in [2.24, 2.45) is 0 Å². The maximum atomic E-state index is 10.7. The zero-order valence-corrected chi connectivity index (χ0v) is 10.7. The average Bonchev–Trinajstić information content (AvgIpc) is 3.02. The fourth-order valence-electron chi connectivity index (χ4n) is 1.68. The third kappa shape index (κ3) is 2.84. The van der Waals surface area contributed by atoms with Crippen molar-refractivity contribution in [3.8, 4) is 17.4 Å². The predicted molar refractivity (Wildman–Crippen MR) is 72.3 cm³/mol. The number of aromatic nitrogens is 4. The van der Waals surface area contributed by atoms with Crippen LogP contribution in [0.4, 0.5) is 5.69 Å². The van der Waals surface area contributed by atoms with Crippen LogP contribution in [0.15, 0.2) is 55.1 Å². The highest BCUT2D eigenvalue weighted by Crippen LogP contribution is 2.23. The Balaban J connectivity index is 1.79. The summed E-state index contributed by atoms with van der Waals surface area (Å²) in [5, 5.41) is 18.6. The summed E-state index contributed by atoms with van der Waals surface area (Å²) in [7, 11) is 0. The molecule has 8 nitrogen and oxygen atoms in total. The Morgan fingerprint density at radius 1 is 1.19 bits per heavy atom. The van der Waals surface area contributed by atoms with E-state index in [1.165, 1.54) is 12.1 Å². The highest BCUT2D eigenvalue weighted by atomic mass is 16.6. The van der Waals surface area contributed by atoms with Crippen molar-refractivity contribution >= 4 is 5.69 Å². The molecule has 2 heterocycles. The summed E-state index contributed by atoms with van der Waals surface area (Å²) >= 11 is 0. The maximum Gasteiger partial charge on any atom is 0.273 e. The first-order chi connectivity index (χ1) is 10.2. The highest BCUT2D eigenvalue weighted by molar-refractivity contribution is 5.39. The Hall–Kier alpha value is -3.29. The molecule has 0 aliphatic rings. The van der Waals surface area contributed by atoms with Gasteiger partial charge in [-0.3, -0.25) is 14.7 Å². The maximum absolute atomic E-state index is 10.7. The molecule has 0 unspecified atom stereocenters. The second kappa shape index (κ2) is 5.37. The number of non-ortho nitro benzene ring substituents is 1. The van der Waals surface area contributed by atoms with Crippen molar-refractivity contribution in [2.45, 2.75) is 0 Å². The molecule has 0 fully saturated rings. The number of imidazole rings is 1. The number of hydrogen-bond donors (Lipinski definition) is 0. The first-order valence-electron chi connectivity index (χ1n) is 5.97. The third-order valence-electron chi connectivity index (χ3n) is 2.65. The van der Waals surface area contributed by atoms with Crippen molar-refractivity contribution in [1.29, 1.82) is 0 Å². The zero-order valence-electron chi connectivity index (χ0n) is 10.7. The number of nitro groups is 1. The van der Waals surface area contributed by atoms with Gasteiger partial charge in [-0.1, -0.05) is 6.07 Å². The second-order valence-corrected chi connectivity index (χ2v) is 4.06. The summed E-state index contributed by atoms with van der Waals surface area (Å²) in [6.07, 6.45) is 4.98. The first-order valence-corrected chi connectivity index (χ1v) is 5.97. The minimum atomic E-state index is -0.485. The summed E-state index contributed by atoms with van der Waals surface area (Å²) in [6.45, 7) is 0. The van der Waals surface area contributed by atoms with Crippen LogP contribution in [0, 0.1) is 10.1 Å². The topological polar surface area (TPSA) is 96.0 Å². The van der Waals surface area contributed by atoms with Crippen LogP contribution in [0.25, 0.3) is 5.82 Å². The lowest BCUT2D eigenvalue weighted by atomic mass is 10.3. The van der Waals surface area contributed by atoms with Gasteiger partial charge >= 0.3 is 0 Å². The lowest BCUT2D eigenvalue weighted by Crippen LogP contribution is -1.98. The quantitative estimate of drug-likeness (QED) is 0.538. The zero-order chi connectivity index (χ0) is 14.7. The Bertz CT molecular complexity index is 756. The molecule has 1 aromatic carbocycles. The molecule has 21 heavy (non-hydrogen) atoms. The molecule has 8 heteroatoms. The molecular formula is C13H9N5O3. The first kappa shape index (κ1) is 12.7. The summed E-state index contributed by atoms with van der Waals surface area (Å²) in [5.74, 6) is 1.17. The van der Waals surface area contributed by atoms with E-state index in [0.29, 0.717) is 11.6 Å². The van der Waals surface area contributed by atoms with E-state index >= 15 is 0 Å². The molecule has 3 rings (SSSR count). The number of rotatable bonds is 4. The fourth-order valence-corrected chi connectivity index (χ4v) is 1.68. The van der Waals surface area contributed by atoms with E-state index < -0.39 is 4.92 Å². The van der Waals surface area contributed by atoms with Crippen molar-refractivity contribution in [2.75, 3.05) is 0 Å². The standard InChI is InChI=1S/C13H9N5O3/c19-18(20)10-2-1-3-11(8-10)21-13-5-4-12(15-16-13)17-7-6-14-9-17/h1-9H. The van der Waals surface area contributed by atoms with Crippen LogP contribution in [-0.2, 0) is 0 Å². The molecule has 0 saturated carbocycles. The molecule has 0 aliphatic carbocycles. The molecule has 104 valence electrons. The summed E-state index contributed by atoms with van der Waals surface area (Å²) in [4.78, 5) is 14.1. The molecule has 0 saturated heterocycles. The molecular weight excluding hydrogens is 274 g/mol. The minimum absolute atomic E-state index is 0.0458. The fraction of sp³-hybridized carbons (Fsp3) is 0. The molecule has 0 radical (unpaired) electrons.